The van der Waals surface area contributed by atoms with E-state index in [0.717, 1.165) is 36.1 Å². The molecule has 2 aromatic rings. The van der Waals surface area contributed by atoms with Crippen molar-refractivity contribution in [3.05, 3.63) is 65.0 Å². The molecule has 4 nitrogen and oxygen atoms in total. The van der Waals surface area contributed by atoms with E-state index >= 15 is 0 Å². The van der Waals surface area contributed by atoms with E-state index in [9.17, 15) is 9.18 Å². The lowest BCUT2D eigenvalue weighted by atomic mass is 9.74. The third-order valence-corrected chi connectivity index (χ3v) is 5.65. The maximum atomic E-state index is 13.3. The molecule has 4 rings (SSSR count). The van der Waals surface area contributed by atoms with Gasteiger partial charge in [-0.3, -0.25) is 4.79 Å². The van der Waals surface area contributed by atoms with E-state index < -0.39 is 0 Å². The zero-order valence-corrected chi connectivity index (χ0v) is 15.3. The van der Waals surface area contributed by atoms with Crippen LogP contribution in [0.25, 0.3) is 0 Å². The third kappa shape index (κ3) is 3.98. The molecule has 0 radical (unpaired) electrons. The fraction of sp³-hybridized carbons (Fsp3) is 0.409. The second-order valence-electron chi connectivity index (χ2n) is 7.39. The van der Waals surface area contributed by atoms with Crippen LogP contribution in [-0.4, -0.2) is 32.3 Å². The fourth-order valence-corrected chi connectivity index (χ4v) is 4.00. The summed E-state index contributed by atoms with van der Waals surface area (Å²) in [5.74, 6) is 0.684. The van der Waals surface area contributed by atoms with Gasteiger partial charge in [0.1, 0.15) is 11.6 Å². The van der Waals surface area contributed by atoms with Crippen molar-refractivity contribution in [2.75, 3.05) is 26.4 Å². The number of amides is 1. The van der Waals surface area contributed by atoms with Gasteiger partial charge in [-0.25, -0.2) is 4.39 Å². The molecular formula is C22H24FNO3. The highest BCUT2D eigenvalue weighted by Crippen LogP contribution is 2.34. The second-order valence-corrected chi connectivity index (χ2v) is 7.39. The number of fused-ring (bicyclic) bond motifs is 1. The van der Waals surface area contributed by atoms with Crippen LogP contribution in [0.3, 0.4) is 0 Å². The highest BCUT2D eigenvalue weighted by Gasteiger charge is 2.34. The Kier molecular flexibility index (Phi) is 5.12. The standard InChI is InChI=1S/C22H24FNO3/c23-19-4-2-18(3-5-19)22(8-11-26-12-9-22)15-24-21(25)14-16-1-6-20-17(13-16)7-10-27-20/h1-6,13H,7-12,14-15H2,(H,24,25). The van der Waals surface area contributed by atoms with Gasteiger partial charge in [-0.05, 0) is 47.7 Å². The maximum absolute atomic E-state index is 13.3. The predicted octanol–water partition coefficient (Wildman–Crippen LogP) is 3.17. The van der Waals surface area contributed by atoms with Gasteiger partial charge in [0.2, 0.25) is 5.91 Å². The second kappa shape index (κ2) is 7.69. The highest BCUT2D eigenvalue weighted by molar-refractivity contribution is 5.78. The smallest absolute Gasteiger partial charge is 0.224 e. The summed E-state index contributed by atoms with van der Waals surface area (Å²) in [4.78, 5) is 12.5. The van der Waals surface area contributed by atoms with Gasteiger partial charge >= 0.3 is 0 Å². The first-order chi connectivity index (χ1) is 13.1. The monoisotopic (exact) mass is 369 g/mol. The molecule has 1 amide bonds. The van der Waals surface area contributed by atoms with E-state index in [1.807, 2.05) is 24.3 Å². The van der Waals surface area contributed by atoms with Gasteiger partial charge in [0.05, 0.1) is 13.0 Å². The Morgan fingerprint density at radius 2 is 1.85 bits per heavy atom. The number of hydrogen-bond acceptors (Lipinski definition) is 3. The Morgan fingerprint density at radius 1 is 1.07 bits per heavy atom. The van der Waals surface area contributed by atoms with Crippen LogP contribution in [0.1, 0.15) is 29.5 Å². The van der Waals surface area contributed by atoms with Gasteiger partial charge in [-0.1, -0.05) is 24.3 Å². The van der Waals surface area contributed by atoms with E-state index in [-0.39, 0.29) is 17.1 Å². The number of hydrogen-bond donors (Lipinski definition) is 1. The first-order valence-corrected chi connectivity index (χ1v) is 9.50. The number of ether oxygens (including phenoxy) is 2. The van der Waals surface area contributed by atoms with E-state index in [1.165, 1.54) is 17.7 Å². The third-order valence-electron chi connectivity index (χ3n) is 5.65. The van der Waals surface area contributed by atoms with Crippen LogP contribution in [0.5, 0.6) is 5.75 Å². The van der Waals surface area contributed by atoms with Gasteiger partial charge < -0.3 is 14.8 Å². The molecule has 5 heteroatoms. The lowest BCUT2D eigenvalue weighted by Gasteiger charge is -2.38. The Balaban J connectivity index is 1.43. The molecule has 2 aromatic carbocycles. The maximum Gasteiger partial charge on any atom is 0.224 e. The highest BCUT2D eigenvalue weighted by atomic mass is 19.1. The summed E-state index contributed by atoms with van der Waals surface area (Å²) in [5, 5.41) is 3.10. The summed E-state index contributed by atoms with van der Waals surface area (Å²) in [6.45, 7) is 2.55. The average molecular weight is 369 g/mol. The van der Waals surface area contributed by atoms with Crippen LogP contribution < -0.4 is 10.1 Å². The molecule has 0 unspecified atom stereocenters. The van der Waals surface area contributed by atoms with Crippen molar-refractivity contribution in [3.63, 3.8) is 0 Å². The molecule has 1 fully saturated rings. The Morgan fingerprint density at radius 3 is 2.63 bits per heavy atom. The number of carbonyl (C=O) groups is 1. The summed E-state index contributed by atoms with van der Waals surface area (Å²) < 4.78 is 24.4. The summed E-state index contributed by atoms with van der Waals surface area (Å²) in [7, 11) is 0. The lowest BCUT2D eigenvalue weighted by Crippen LogP contribution is -2.45. The number of nitrogens with one attached hydrogen (secondary N) is 1. The minimum Gasteiger partial charge on any atom is -0.493 e. The minimum atomic E-state index is -0.245. The van der Waals surface area contributed by atoms with Crippen LogP contribution in [0.15, 0.2) is 42.5 Å². The lowest BCUT2D eigenvalue weighted by molar-refractivity contribution is -0.120. The first-order valence-electron chi connectivity index (χ1n) is 9.50. The molecule has 1 N–H and O–H groups in total. The zero-order chi connectivity index (χ0) is 18.7. The van der Waals surface area contributed by atoms with Crippen LogP contribution in [0.2, 0.25) is 0 Å². The Hall–Kier alpha value is -2.40. The van der Waals surface area contributed by atoms with Crippen molar-refractivity contribution >= 4 is 5.91 Å². The average Bonchev–Trinajstić information content (AvgIpc) is 3.15. The number of carbonyl (C=O) groups excluding carboxylic acids is 1. The molecule has 2 heterocycles. The van der Waals surface area contributed by atoms with Crippen molar-refractivity contribution in [3.8, 4) is 5.75 Å². The number of benzene rings is 2. The van der Waals surface area contributed by atoms with Crippen molar-refractivity contribution in [2.45, 2.75) is 31.1 Å². The molecular weight excluding hydrogens is 345 g/mol. The molecule has 142 valence electrons. The van der Waals surface area contributed by atoms with Crippen LogP contribution in [0, 0.1) is 5.82 Å². The van der Waals surface area contributed by atoms with Gasteiger partial charge in [-0.15, -0.1) is 0 Å². The van der Waals surface area contributed by atoms with E-state index in [2.05, 4.69) is 11.4 Å². The van der Waals surface area contributed by atoms with Crippen molar-refractivity contribution in [1.82, 2.24) is 5.32 Å². The molecule has 2 aliphatic rings. The SMILES string of the molecule is O=C(Cc1ccc2c(c1)CCO2)NCC1(c2ccc(F)cc2)CCOCC1. The summed E-state index contributed by atoms with van der Waals surface area (Å²) >= 11 is 0. The largest absolute Gasteiger partial charge is 0.493 e. The quantitative estimate of drug-likeness (QED) is 0.881. The van der Waals surface area contributed by atoms with E-state index in [1.54, 1.807) is 0 Å². The van der Waals surface area contributed by atoms with Gasteiger partial charge in [-0.2, -0.15) is 0 Å². The summed E-state index contributed by atoms with van der Waals surface area (Å²) in [5.41, 5.74) is 3.03. The van der Waals surface area contributed by atoms with Gasteiger partial charge in [0, 0.05) is 31.6 Å². The first kappa shape index (κ1) is 18.0. The number of rotatable bonds is 5. The molecule has 0 spiro atoms. The summed E-state index contributed by atoms with van der Waals surface area (Å²) in [6, 6.07) is 12.6. The molecule has 27 heavy (non-hydrogen) atoms. The molecule has 0 atom stereocenters. The Labute approximate surface area is 158 Å². The normalized spacial score (nSPS) is 17.8. The van der Waals surface area contributed by atoms with Crippen LogP contribution >= 0.6 is 0 Å². The summed E-state index contributed by atoms with van der Waals surface area (Å²) in [6.07, 6.45) is 2.88. The molecule has 0 bridgehead atoms. The zero-order valence-electron chi connectivity index (χ0n) is 15.3. The van der Waals surface area contributed by atoms with Gasteiger partial charge in [0.25, 0.3) is 0 Å². The topological polar surface area (TPSA) is 47.6 Å². The van der Waals surface area contributed by atoms with Crippen LogP contribution in [-0.2, 0) is 27.8 Å². The Bertz CT molecular complexity index is 813. The number of halogens is 1. The predicted molar refractivity (Wildman–Crippen MR) is 100 cm³/mol. The van der Waals surface area contributed by atoms with Crippen molar-refractivity contribution in [1.29, 1.82) is 0 Å². The molecule has 2 aliphatic heterocycles. The van der Waals surface area contributed by atoms with Crippen molar-refractivity contribution < 1.29 is 18.7 Å². The molecule has 0 aromatic heterocycles. The van der Waals surface area contributed by atoms with Crippen LogP contribution in [0.4, 0.5) is 4.39 Å². The fourth-order valence-electron chi connectivity index (χ4n) is 4.00. The van der Waals surface area contributed by atoms with E-state index in [0.29, 0.717) is 32.8 Å². The van der Waals surface area contributed by atoms with Crippen molar-refractivity contribution in [2.24, 2.45) is 0 Å². The van der Waals surface area contributed by atoms with Gasteiger partial charge in [0.15, 0.2) is 0 Å². The molecule has 0 saturated carbocycles. The molecule has 0 aliphatic carbocycles. The molecule has 1 saturated heterocycles. The minimum absolute atomic E-state index is 0.00171. The van der Waals surface area contributed by atoms with E-state index in [4.69, 9.17) is 9.47 Å².